The van der Waals surface area contributed by atoms with Crippen LogP contribution in [0, 0.1) is 0 Å². The first-order chi connectivity index (χ1) is 22.0. The van der Waals surface area contributed by atoms with E-state index in [-0.39, 0.29) is 24.3 Å². The van der Waals surface area contributed by atoms with Crippen LogP contribution < -0.4 is 16.0 Å². The number of carbonyl (C=O) groups excluding carboxylic acids is 2. The fourth-order valence-corrected chi connectivity index (χ4v) is 5.69. The molecule has 3 aromatic carbocycles. The summed E-state index contributed by atoms with van der Waals surface area (Å²) in [6.07, 6.45) is 3.93. The summed E-state index contributed by atoms with van der Waals surface area (Å²) in [6, 6.07) is 26.2. The lowest BCUT2D eigenvalue weighted by Crippen LogP contribution is -2.35. The van der Waals surface area contributed by atoms with Crippen molar-refractivity contribution in [2.75, 3.05) is 24.4 Å². The van der Waals surface area contributed by atoms with E-state index in [1.54, 1.807) is 31.5 Å². The van der Waals surface area contributed by atoms with Crippen LogP contribution in [0.2, 0.25) is 0 Å². The highest BCUT2D eigenvalue weighted by Crippen LogP contribution is 2.35. The van der Waals surface area contributed by atoms with Crippen LogP contribution in [0.1, 0.15) is 22.8 Å². The fraction of sp³-hybridized carbons (Fsp3) is 0.147. The third-order valence-corrected chi connectivity index (χ3v) is 7.72. The van der Waals surface area contributed by atoms with Crippen LogP contribution in [0.3, 0.4) is 0 Å². The summed E-state index contributed by atoms with van der Waals surface area (Å²) < 4.78 is 7.12. The topological polar surface area (TPSA) is 123 Å². The van der Waals surface area contributed by atoms with Gasteiger partial charge in [0.25, 0.3) is 5.91 Å². The van der Waals surface area contributed by atoms with Crippen molar-refractivity contribution >= 4 is 45.4 Å². The zero-order chi connectivity index (χ0) is 31.2. The third-order valence-electron chi connectivity index (χ3n) is 6.96. The molecule has 2 amide bonds. The third kappa shape index (κ3) is 7.06. The quantitative estimate of drug-likeness (QED) is 0.158. The minimum absolute atomic E-state index is 0.0954. The number of methoxy groups -OCH3 is 1. The van der Waals surface area contributed by atoms with Gasteiger partial charge in [-0.2, -0.15) is 0 Å². The van der Waals surface area contributed by atoms with Gasteiger partial charge in [0.1, 0.15) is 5.69 Å². The molecule has 0 spiro atoms. The van der Waals surface area contributed by atoms with E-state index in [0.717, 1.165) is 27.5 Å². The van der Waals surface area contributed by atoms with Crippen LogP contribution in [0.5, 0.6) is 0 Å². The van der Waals surface area contributed by atoms with E-state index in [0.29, 0.717) is 35.2 Å². The number of anilines is 3. The number of nitrogens with zero attached hydrogens (tertiary/aromatic N) is 4. The van der Waals surface area contributed by atoms with E-state index in [1.807, 2.05) is 89.6 Å². The van der Waals surface area contributed by atoms with E-state index in [9.17, 15) is 9.59 Å². The van der Waals surface area contributed by atoms with Crippen molar-refractivity contribution in [3.8, 4) is 22.6 Å². The van der Waals surface area contributed by atoms with Crippen molar-refractivity contribution in [2.45, 2.75) is 19.4 Å². The first kappa shape index (κ1) is 29.7. The smallest absolute Gasteiger partial charge is 0.251 e. The fourth-order valence-electron chi connectivity index (χ4n) is 4.98. The monoisotopic (exact) mass is 617 g/mol. The number of fused-ring (bicyclic) bond motifs is 1. The number of hydrogen-bond donors (Lipinski definition) is 3. The maximum Gasteiger partial charge on any atom is 0.251 e. The lowest BCUT2D eigenvalue weighted by molar-refractivity contribution is -0.115. The van der Waals surface area contributed by atoms with Gasteiger partial charge in [-0.25, -0.2) is 15.0 Å². The number of hydrogen-bond acceptors (Lipinski definition) is 8. The number of imidazole rings is 1. The highest BCUT2D eigenvalue weighted by atomic mass is 32.1. The number of carbonyl (C=O) groups is 2. The maximum atomic E-state index is 12.8. The average Bonchev–Trinajstić information content (AvgIpc) is 3.64. The van der Waals surface area contributed by atoms with E-state index < -0.39 is 0 Å². The van der Waals surface area contributed by atoms with Crippen LogP contribution in [-0.4, -0.2) is 50.9 Å². The predicted octanol–water partition coefficient (Wildman–Crippen LogP) is 6.21. The molecule has 0 aliphatic carbocycles. The molecule has 3 heterocycles. The maximum absolute atomic E-state index is 12.8. The second kappa shape index (κ2) is 13.5. The number of amides is 2. The van der Waals surface area contributed by atoms with Gasteiger partial charge in [-0.1, -0.05) is 48.5 Å². The Morgan fingerprint density at radius 2 is 1.78 bits per heavy atom. The molecule has 1 atom stereocenters. The summed E-state index contributed by atoms with van der Waals surface area (Å²) in [5.41, 5.74) is 5.84. The zero-order valence-electron chi connectivity index (χ0n) is 24.7. The Morgan fingerprint density at radius 3 is 2.62 bits per heavy atom. The molecule has 3 aromatic heterocycles. The van der Waals surface area contributed by atoms with Crippen LogP contribution >= 0.6 is 11.3 Å². The Kier molecular flexibility index (Phi) is 8.90. The summed E-state index contributed by atoms with van der Waals surface area (Å²) in [7, 11) is 1.60. The molecule has 6 aromatic rings. The SMILES string of the molecule is COCC(C)NC(=O)c1cccc(Nc2nccc(-c3c(-c4cccc(NC(=O)Cc5ccccc5)c4)nc4sccn34)n2)c1. The van der Waals surface area contributed by atoms with Gasteiger partial charge < -0.3 is 20.7 Å². The van der Waals surface area contributed by atoms with Gasteiger partial charge >= 0.3 is 0 Å². The van der Waals surface area contributed by atoms with Crippen molar-refractivity contribution in [2.24, 2.45) is 0 Å². The molecule has 3 N–H and O–H groups in total. The van der Waals surface area contributed by atoms with Crippen molar-refractivity contribution in [3.63, 3.8) is 0 Å². The molecule has 11 heteroatoms. The summed E-state index contributed by atoms with van der Waals surface area (Å²) in [5.74, 6) is 0.0814. The average molecular weight is 618 g/mol. The molecule has 0 fully saturated rings. The highest BCUT2D eigenvalue weighted by molar-refractivity contribution is 7.15. The molecular weight excluding hydrogens is 586 g/mol. The van der Waals surface area contributed by atoms with E-state index in [2.05, 4.69) is 20.9 Å². The summed E-state index contributed by atoms with van der Waals surface area (Å²) in [6.45, 7) is 2.31. The van der Waals surface area contributed by atoms with Gasteiger partial charge in [0, 0.05) is 53.4 Å². The van der Waals surface area contributed by atoms with Crippen molar-refractivity contribution < 1.29 is 14.3 Å². The number of nitrogens with one attached hydrogen (secondary N) is 3. The first-order valence-electron chi connectivity index (χ1n) is 14.4. The lowest BCUT2D eigenvalue weighted by atomic mass is 10.1. The van der Waals surface area contributed by atoms with Crippen molar-refractivity contribution in [3.05, 3.63) is 114 Å². The van der Waals surface area contributed by atoms with Crippen LogP contribution in [0.4, 0.5) is 17.3 Å². The Labute approximate surface area is 264 Å². The Hall–Kier alpha value is -5.39. The van der Waals surface area contributed by atoms with Crippen LogP contribution in [0.15, 0.2) is 103 Å². The zero-order valence-corrected chi connectivity index (χ0v) is 25.5. The molecule has 0 saturated carbocycles. The van der Waals surface area contributed by atoms with Gasteiger partial charge in [-0.05, 0) is 48.9 Å². The summed E-state index contributed by atoms with van der Waals surface area (Å²) >= 11 is 1.52. The summed E-state index contributed by atoms with van der Waals surface area (Å²) in [4.78, 5) is 40.5. The Morgan fingerprint density at radius 1 is 0.956 bits per heavy atom. The molecule has 6 rings (SSSR count). The Bertz CT molecular complexity index is 1950. The second-order valence-electron chi connectivity index (χ2n) is 10.5. The van der Waals surface area contributed by atoms with Gasteiger partial charge in [-0.3, -0.25) is 14.0 Å². The second-order valence-corrected chi connectivity index (χ2v) is 11.3. The first-order valence-corrected chi connectivity index (χ1v) is 15.2. The lowest BCUT2D eigenvalue weighted by Gasteiger charge is -2.13. The number of benzene rings is 3. The Balaban J connectivity index is 1.26. The van der Waals surface area contributed by atoms with Crippen molar-refractivity contribution in [1.82, 2.24) is 24.7 Å². The van der Waals surface area contributed by atoms with Gasteiger partial charge in [-0.15, -0.1) is 11.3 Å². The van der Waals surface area contributed by atoms with Gasteiger partial charge in [0.15, 0.2) is 4.96 Å². The molecule has 0 bridgehead atoms. The molecule has 45 heavy (non-hydrogen) atoms. The minimum Gasteiger partial charge on any atom is -0.383 e. The predicted molar refractivity (Wildman–Crippen MR) is 177 cm³/mol. The van der Waals surface area contributed by atoms with Crippen molar-refractivity contribution in [1.29, 1.82) is 0 Å². The highest BCUT2D eigenvalue weighted by Gasteiger charge is 2.19. The minimum atomic E-state index is -0.194. The molecule has 0 aliphatic heterocycles. The molecule has 0 aliphatic rings. The van der Waals surface area contributed by atoms with Gasteiger partial charge in [0.2, 0.25) is 11.9 Å². The molecule has 0 radical (unpaired) electrons. The number of rotatable bonds is 11. The number of thiazole rings is 1. The number of ether oxygens (including phenoxy) is 1. The largest absolute Gasteiger partial charge is 0.383 e. The number of aromatic nitrogens is 4. The van der Waals surface area contributed by atoms with E-state index in [1.165, 1.54) is 11.3 Å². The van der Waals surface area contributed by atoms with Crippen LogP contribution in [0.25, 0.3) is 27.6 Å². The summed E-state index contributed by atoms with van der Waals surface area (Å²) in [5, 5.41) is 11.1. The van der Waals surface area contributed by atoms with Gasteiger partial charge in [0.05, 0.1) is 24.4 Å². The molecule has 0 saturated heterocycles. The molecule has 1 unspecified atom stereocenters. The van der Waals surface area contributed by atoms with Crippen LogP contribution in [-0.2, 0) is 16.0 Å². The standard InChI is InChI=1S/C34H31N7O3S/c1-22(21-44-2)36-32(43)25-11-7-13-27(20-25)38-33-35-15-14-28(39-33)31-30(40-34-41(31)16-17-45-34)24-10-6-12-26(19-24)37-29(42)18-23-8-4-3-5-9-23/h3-17,19-20,22H,18,21H2,1-2H3,(H,36,43)(H,37,42)(H,35,38,39). The van der Waals surface area contributed by atoms with E-state index in [4.69, 9.17) is 14.7 Å². The molecule has 226 valence electrons. The molecule has 10 nitrogen and oxygen atoms in total. The molecular formula is C34H31N7O3S. The normalized spacial score (nSPS) is 11.7. The van der Waals surface area contributed by atoms with E-state index >= 15 is 0 Å².